The van der Waals surface area contributed by atoms with E-state index in [0.29, 0.717) is 31.3 Å². The van der Waals surface area contributed by atoms with Crippen LogP contribution in [0.1, 0.15) is 168 Å². The summed E-state index contributed by atoms with van der Waals surface area (Å²) < 4.78 is 17.3. The number of ether oxygens (including phenoxy) is 3. The van der Waals surface area contributed by atoms with Gasteiger partial charge in [0.05, 0.1) is 36.6 Å². The number of carbonyl (C=O) groups is 2. The molecule has 7 nitrogen and oxygen atoms in total. The molecule has 0 saturated carbocycles. The molecular weight excluding hydrogens is 556 g/mol. The number of hydrogen-bond acceptors (Lipinski definition) is 7. The fraction of sp³-hybridized carbons (Fsp3) is 0.892. The standard InChI is InChI=1S/C37H64O7/c1-3-4-5-6-7-8-9-10-11-12-13-16-19-33(39)35-23-24-36(44-35)34(40)20-17-14-15-18-30(38)27-32-22-21-31(43-32)26-29-25-28(2)42-37(29)41/h25,28,31-36,39-40H,3-24,26-27H2,1-2H3. The molecule has 3 aliphatic rings. The molecule has 0 aliphatic carbocycles. The van der Waals surface area contributed by atoms with Crippen LogP contribution in [-0.4, -0.2) is 64.7 Å². The second-order valence-corrected chi connectivity index (χ2v) is 13.9. The fourth-order valence-electron chi connectivity index (χ4n) is 7.14. The number of unbranched alkanes of at least 4 members (excludes halogenated alkanes) is 13. The molecule has 7 unspecified atom stereocenters. The van der Waals surface area contributed by atoms with Crippen molar-refractivity contribution in [2.24, 2.45) is 0 Å². The Bertz CT molecular complexity index is 842. The molecule has 0 amide bonds. The molecule has 44 heavy (non-hydrogen) atoms. The zero-order valence-electron chi connectivity index (χ0n) is 28.0. The van der Waals surface area contributed by atoms with E-state index in [0.717, 1.165) is 57.8 Å². The minimum Gasteiger partial charge on any atom is -0.455 e. The van der Waals surface area contributed by atoms with E-state index in [9.17, 15) is 19.8 Å². The quantitative estimate of drug-likeness (QED) is 0.0786. The van der Waals surface area contributed by atoms with Crippen molar-refractivity contribution < 1.29 is 34.0 Å². The first kappa shape index (κ1) is 37.2. The number of aliphatic hydroxyl groups is 2. The maximum absolute atomic E-state index is 12.5. The van der Waals surface area contributed by atoms with Crippen molar-refractivity contribution in [3.63, 3.8) is 0 Å². The molecule has 7 atom stereocenters. The molecule has 3 rings (SSSR count). The highest BCUT2D eigenvalue weighted by Crippen LogP contribution is 2.30. The zero-order chi connectivity index (χ0) is 31.6. The van der Waals surface area contributed by atoms with Crippen molar-refractivity contribution in [2.75, 3.05) is 0 Å². The van der Waals surface area contributed by atoms with Crippen LogP contribution in [0.25, 0.3) is 0 Å². The molecule has 0 radical (unpaired) electrons. The van der Waals surface area contributed by atoms with E-state index in [1.165, 1.54) is 70.6 Å². The first-order chi connectivity index (χ1) is 21.4. The average molecular weight is 621 g/mol. The van der Waals surface area contributed by atoms with Gasteiger partial charge in [-0.3, -0.25) is 4.79 Å². The SMILES string of the molecule is CCCCCCCCCCCCCCC(O)C1CCC(C(O)CCCCCC(=O)CC2CCC(CC3=CC(C)OC3=O)O2)O1. The molecule has 3 heterocycles. The highest BCUT2D eigenvalue weighted by molar-refractivity contribution is 5.90. The van der Waals surface area contributed by atoms with Gasteiger partial charge in [0.25, 0.3) is 0 Å². The Balaban J connectivity index is 1.13. The van der Waals surface area contributed by atoms with Gasteiger partial charge < -0.3 is 24.4 Å². The van der Waals surface area contributed by atoms with Crippen LogP contribution in [0.4, 0.5) is 0 Å². The number of cyclic esters (lactones) is 1. The summed E-state index contributed by atoms with van der Waals surface area (Å²) in [7, 11) is 0. The predicted octanol–water partition coefficient (Wildman–Crippen LogP) is 8.07. The third kappa shape index (κ3) is 14.4. The molecule has 0 aromatic heterocycles. The molecule has 3 aliphatic heterocycles. The summed E-state index contributed by atoms with van der Waals surface area (Å²) >= 11 is 0. The molecule has 0 aromatic rings. The minimum absolute atomic E-state index is 0.00808. The lowest BCUT2D eigenvalue weighted by Gasteiger charge is -2.22. The molecular formula is C37H64O7. The third-order valence-electron chi connectivity index (χ3n) is 9.84. The van der Waals surface area contributed by atoms with E-state index in [-0.39, 0.29) is 42.3 Å². The van der Waals surface area contributed by atoms with Crippen LogP contribution in [-0.2, 0) is 23.8 Å². The highest BCUT2D eigenvalue weighted by Gasteiger charge is 2.34. The van der Waals surface area contributed by atoms with Gasteiger partial charge in [0.15, 0.2) is 0 Å². The van der Waals surface area contributed by atoms with Gasteiger partial charge in [-0.1, -0.05) is 96.8 Å². The fourth-order valence-corrected chi connectivity index (χ4v) is 7.14. The molecule has 0 spiro atoms. The largest absolute Gasteiger partial charge is 0.455 e. The lowest BCUT2D eigenvalue weighted by molar-refractivity contribution is -0.139. The van der Waals surface area contributed by atoms with Crippen LogP contribution >= 0.6 is 0 Å². The summed E-state index contributed by atoms with van der Waals surface area (Å²) in [5, 5.41) is 21.3. The van der Waals surface area contributed by atoms with E-state index in [1.807, 2.05) is 13.0 Å². The van der Waals surface area contributed by atoms with Crippen LogP contribution in [0.3, 0.4) is 0 Å². The molecule has 2 fully saturated rings. The van der Waals surface area contributed by atoms with Gasteiger partial charge >= 0.3 is 5.97 Å². The second kappa shape index (κ2) is 21.5. The summed E-state index contributed by atoms with van der Waals surface area (Å²) in [4.78, 5) is 24.3. The Hall–Kier alpha value is -1.28. The van der Waals surface area contributed by atoms with Gasteiger partial charge in [0.2, 0.25) is 0 Å². The van der Waals surface area contributed by atoms with Crippen LogP contribution in [0, 0.1) is 0 Å². The Morgan fingerprint density at radius 1 is 0.750 bits per heavy atom. The van der Waals surface area contributed by atoms with Crippen molar-refractivity contribution in [3.8, 4) is 0 Å². The van der Waals surface area contributed by atoms with Crippen molar-refractivity contribution in [3.05, 3.63) is 11.6 Å². The van der Waals surface area contributed by atoms with Crippen LogP contribution < -0.4 is 0 Å². The van der Waals surface area contributed by atoms with Crippen LogP contribution in [0.2, 0.25) is 0 Å². The van der Waals surface area contributed by atoms with E-state index in [4.69, 9.17) is 14.2 Å². The number of rotatable bonds is 25. The highest BCUT2D eigenvalue weighted by atomic mass is 16.5. The summed E-state index contributed by atoms with van der Waals surface area (Å²) in [5.41, 5.74) is 0.696. The zero-order valence-corrected chi connectivity index (χ0v) is 28.0. The van der Waals surface area contributed by atoms with Gasteiger partial charge in [-0.05, 0) is 57.9 Å². The summed E-state index contributed by atoms with van der Waals surface area (Å²) in [6.45, 7) is 4.12. The third-order valence-corrected chi connectivity index (χ3v) is 9.84. The number of aliphatic hydroxyl groups excluding tert-OH is 2. The lowest BCUT2D eigenvalue weighted by Crippen LogP contribution is -2.31. The van der Waals surface area contributed by atoms with Gasteiger partial charge in [-0.15, -0.1) is 0 Å². The number of carbonyl (C=O) groups excluding carboxylic acids is 2. The maximum Gasteiger partial charge on any atom is 0.334 e. The molecule has 0 aromatic carbocycles. The van der Waals surface area contributed by atoms with E-state index in [2.05, 4.69) is 6.92 Å². The monoisotopic (exact) mass is 620 g/mol. The molecule has 7 heteroatoms. The van der Waals surface area contributed by atoms with Crippen LogP contribution in [0.15, 0.2) is 11.6 Å². The Morgan fingerprint density at radius 3 is 1.82 bits per heavy atom. The van der Waals surface area contributed by atoms with Crippen molar-refractivity contribution in [1.29, 1.82) is 0 Å². The first-order valence-corrected chi connectivity index (χ1v) is 18.5. The van der Waals surface area contributed by atoms with Crippen LogP contribution in [0.5, 0.6) is 0 Å². The number of ketones is 1. The number of esters is 1. The van der Waals surface area contributed by atoms with E-state index < -0.39 is 12.2 Å². The number of hydrogen-bond donors (Lipinski definition) is 2. The molecule has 2 saturated heterocycles. The summed E-state index contributed by atoms with van der Waals surface area (Å²) in [5.74, 6) is -0.0129. The van der Waals surface area contributed by atoms with Gasteiger partial charge in [-0.25, -0.2) is 4.79 Å². The Morgan fingerprint density at radius 2 is 1.27 bits per heavy atom. The van der Waals surface area contributed by atoms with Gasteiger partial charge in [0.1, 0.15) is 11.9 Å². The topological polar surface area (TPSA) is 102 Å². The van der Waals surface area contributed by atoms with Gasteiger partial charge in [-0.2, -0.15) is 0 Å². The molecule has 254 valence electrons. The maximum atomic E-state index is 12.5. The smallest absolute Gasteiger partial charge is 0.334 e. The molecule has 2 N–H and O–H groups in total. The van der Waals surface area contributed by atoms with Crippen molar-refractivity contribution in [1.82, 2.24) is 0 Å². The average Bonchev–Trinajstić information content (AvgIpc) is 3.74. The normalized spacial score (nSPS) is 26.6. The molecule has 0 bridgehead atoms. The number of Topliss-reactive ketones (excluding diaryl/α,β-unsaturated/α-hetero) is 1. The lowest BCUT2D eigenvalue weighted by atomic mass is 9.99. The first-order valence-electron chi connectivity index (χ1n) is 18.5. The summed E-state index contributed by atoms with van der Waals surface area (Å²) in [6.07, 6.45) is 25.1. The van der Waals surface area contributed by atoms with Crippen molar-refractivity contribution in [2.45, 2.75) is 211 Å². The van der Waals surface area contributed by atoms with Gasteiger partial charge in [0, 0.05) is 24.8 Å². The van der Waals surface area contributed by atoms with Crippen molar-refractivity contribution >= 4 is 11.8 Å². The second-order valence-electron chi connectivity index (χ2n) is 13.9. The summed E-state index contributed by atoms with van der Waals surface area (Å²) in [6, 6.07) is 0. The Kier molecular flexibility index (Phi) is 18.2. The Labute approximate surface area is 267 Å². The van der Waals surface area contributed by atoms with E-state index >= 15 is 0 Å². The predicted molar refractivity (Wildman–Crippen MR) is 174 cm³/mol. The van der Waals surface area contributed by atoms with E-state index in [1.54, 1.807) is 0 Å². The minimum atomic E-state index is -0.506.